The van der Waals surface area contributed by atoms with Gasteiger partial charge in [0.05, 0.1) is 5.60 Å². The van der Waals surface area contributed by atoms with Gasteiger partial charge < -0.3 is 10.0 Å². The largest absolute Gasteiger partial charge is 0.389 e. The highest BCUT2D eigenvalue weighted by Crippen LogP contribution is 2.46. The molecule has 1 aliphatic rings. The van der Waals surface area contributed by atoms with E-state index in [-0.39, 0.29) is 24.4 Å². The highest BCUT2D eigenvalue weighted by molar-refractivity contribution is 6.31. The van der Waals surface area contributed by atoms with Crippen molar-refractivity contribution in [1.29, 1.82) is 0 Å². The molecule has 1 aliphatic carbocycles. The van der Waals surface area contributed by atoms with Gasteiger partial charge in [0.25, 0.3) is 0 Å². The molecule has 0 aromatic heterocycles. The molecule has 0 amide bonds. The Morgan fingerprint density at radius 2 is 1.73 bits per heavy atom. The van der Waals surface area contributed by atoms with E-state index in [2.05, 4.69) is 37.2 Å². The Kier molecular flexibility index (Phi) is 7.54. The van der Waals surface area contributed by atoms with Crippen LogP contribution in [-0.2, 0) is 6.42 Å². The summed E-state index contributed by atoms with van der Waals surface area (Å²) in [5.41, 5.74) is 1.62. The maximum absolute atomic E-state index is 11.7. The van der Waals surface area contributed by atoms with Crippen molar-refractivity contribution in [2.24, 2.45) is 5.92 Å². The van der Waals surface area contributed by atoms with E-state index in [0.29, 0.717) is 6.42 Å². The fraction of sp³-hybridized carbons (Fsp3) is 0.455. The van der Waals surface area contributed by atoms with Gasteiger partial charge in [-0.15, -0.1) is 12.4 Å². The number of hydrogen-bond acceptors (Lipinski definition) is 2. The molecule has 26 heavy (non-hydrogen) atoms. The molecular weight excluding hydrogens is 365 g/mol. The lowest BCUT2D eigenvalue weighted by Crippen LogP contribution is -2.48. The van der Waals surface area contributed by atoms with Gasteiger partial charge >= 0.3 is 0 Å². The molecule has 142 valence electrons. The van der Waals surface area contributed by atoms with Crippen LogP contribution in [0.2, 0.25) is 5.02 Å². The van der Waals surface area contributed by atoms with E-state index in [1.165, 1.54) is 5.56 Å². The second kappa shape index (κ2) is 9.23. The minimum absolute atomic E-state index is 0. The topological polar surface area (TPSA) is 23.5 Å². The highest BCUT2D eigenvalue weighted by atomic mass is 35.5. The van der Waals surface area contributed by atoms with Crippen molar-refractivity contribution in [1.82, 2.24) is 4.90 Å². The molecule has 1 saturated carbocycles. The van der Waals surface area contributed by atoms with Crippen molar-refractivity contribution in [3.63, 3.8) is 0 Å². The average Bonchev–Trinajstić information content (AvgIpc) is 2.59. The van der Waals surface area contributed by atoms with Gasteiger partial charge in [-0.1, -0.05) is 73.0 Å². The summed E-state index contributed by atoms with van der Waals surface area (Å²) >= 11 is 6.53. The van der Waals surface area contributed by atoms with Gasteiger partial charge in [-0.2, -0.15) is 0 Å². The molecule has 3 atom stereocenters. The molecule has 1 fully saturated rings. The molecule has 4 heteroatoms. The van der Waals surface area contributed by atoms with Crippen LogP contribution in [0.15, 0.2) is 54.6 Å². The number of hydrogen-bond donors (Lipinski definition) is 1. The third kappa shape index (κ3) is 4.61. The molecule has 2 aromatic carbocycles. The molecule has 0 saturated heterocycles. The zero-order chi connectivity index (χ0) is 17.9. The molecule has 0 spiro atoms. The van der Waals surface area contributed by atoms with Crippen LogP contribution in [0.4, 0.5) is 0 Å². The minimum Gasteiger partial charge on any atom is -0.389 e. The number of aliphatic hydroxyl groups is 1. The standard InChI is InChI=1S/C22H28ClNO.ClH/c1-24(2)21(18-12-6-7-14-20(18)23)19-13-8-9-15-22(19,25)16-17-10-4-3-5-11-17;/h3-7,10-12,14,19,21,25H,8-9,13,15-16H2,1-2H3;1H. The van der Waals surface area contributed by atoms with Crippen LogP contribution in [-0.4, -0.2) is 29.7 Å². The number of rotatable bonds is 5. The van der Waals surface area contributed by atoms with Crippen molar-refractivity contribution >= 4 is 24.0 Å². The number of nitrogens with zero attached hydrogens (tertiary/aromatic N) is 1. The molecule has 2 nitrogen and oxygen atoms in total. The summed E-state index contributed by atoms with van der Waals surface area (Å²) in [5.74, 6) is 0.163. The van der Waals surface area contributed by atoms with Gasteiger partial charge in [-0.25, -0.2) is 0 Å². The van der Waals surface area contributed by atoms with Crippen LogP contribution in [0.5, 0.6) is 0 Å². The van der Waals surface area contributed by atoms with Crippen LogP contribution in [0.3, 0.4) is 0 Å². The van der Waals surface area contributed by atoms with Crippen molar-refractivity contribution in [2.45, 2.75) is 43.7 Å². The zero-order valence-electron chi connectivity index (χ0n) is 15.6. The lowest BCUT2D eigenvalue weighted by molar-refractivity contribution is -0.0770. The smallest absolute Gasteiger partial charge is 0.0734 e. The van der Waals surface area contributed by atoms with Gasteiger partial charge in [0, 0.05) is 23.4 Å². The monoisotopic (exact) mass is 393 g/mol. The molecule has 2 aromatic rings. The molecule has 0 bridgehead atoms. The van der Waals surface area contributed by atoms with Crippen LogP contribution < -0.4 is 0 Å². The Hall–Kier alpha value is -1.06. The lowest BCUT2D eigenvalue weighted by Gasteiger charge is -2.46. The van der Waals surface area contributed by atoms with Gasteiger partial charge in [-0.05, 0) is 44.1 Å². The molecule has 3 unspecified atom stereocenters. The maximum atomic E-state index is 11.7. The van der Waals surface area contributed by atoms with Crippen molar-refractivity contribution in [2.75, 3.05) is 14.1 Å². The Labute approximate surface area is 168 Å². The molecule has 3 rings (SSSR count). The second-order valence-electron chi connectivity index (χ2n) is 7.55. The predicted octanol–water partition coefficient (Wildman–Crippen LogP) is 5.53. The van der Waals surface area contributed by atoms with Gasteiger partial charge in [0.15, 0.2) is 0 Å². The first-order valence-corrected chi connectivity index (χ1v) is 9.56. The van der Waals surface area contributed by atoms with E-state index in [1.54, 1.807) is 0 Å². The highest BCUT2D eigenvalue weighted by Gasteiger charge is 2.44. The van der Waals surface area contributed by atoms with E-state index < -0.39 is 5.60 Å². The first kappa shape index (κ1) is 21.2. The van der Waals surface area contributed by atoms with Crippen molar-refractivity contribution in [3.8, 4) is 0 Å². The van der Waals surface area contributed by atoms with Gasteiger partial charge in [0.2, 0.25) is 0 Å². The third-order valence-corrected chi connectivity index (χ3v) is 5.92. The summed E-state index contributed by atoms with van der Waals surface area (Å²) in [7, 11) is 4.18. The maximum Gasteiger partial charge on any atom is 0.0734 e. The minimum atomic E-state index is -0.701. The summed E-state index contributed by atoms with van der Waals surface area (Å²) in [6, 6.07) is 18.5. The summed E-state index contributed by atoms with van der Waals surface area (Å²) in [6.07, 6.45) is 4.82. The van der Waals surface area contributed by atoms with E-state index in [4.69, 9.17) is 11.6 Å². The molecular formula is C22H29Cl2NO. The normalized spacial score (nSPS) is 24.1. The quantitative estimate of drug-likeness (QED) is 0.721. The zero-order valence-corrected chi connectivity index (χ0v) is 17.1. The van der Waals surface area contributed by atoms with Crippen LogP contribution in [0.25, 0.3) is 0 Å². The van der Waals surface area contributed by atoms with Crippen LogP contribution >= 0.6 is 24.0 Å². The Bertz CT molecular complexity index is 692. The SMILES string of the molecule is CN(C)C(c1ccccc1Cl)C1CCCCC1(O)Cc1ccccc1.Cl. The van der Waals surface area contributed by atoms with Gasteiger partial charge in [-0.3, -0.25) is 0 Å². The summed E-state index contributed by atoms with van der Waals surface area (Å²) in [6.45, 7) is 0. The van der Waals surface area contributed by atoms with Gasteiger partial charge in [0.1, 0.15) is 0 Å². The lowest BCUT2D eigenvalue weighted by atomic mass is 9.67. The average molecular weight is 394 g/mol. The van der Waals surface area contributed by atoms with Crippen molar-refractivity contribution < 1.29 is 5.11 Å². The second-order valence-corrected chi connectivity index (χ2v) is 7.96. The molecule has 0 radical (unpaired) electrons. The Morgan fingerprint density at radius 1 is 1.08 bits per heavy atom. The number of benzene rings is 2. The van der Waals surface area contributed by atoms with Crippen LogP contribution in [0.1, 0.15) is 42.9 Å². The summed E-state index contributed by atoms with van der Waals surface area (Å²) in [4.78, 5) is 2.22. The molecule has 0 heterocycles. The molecule has 1 N–H and O–H groups in total. The summed E-state index contributed by atoms with van der Waals surface area (Å²) < 4.78 is 0. The Balaban J connectivity index is 0.00000243. The van der Waals surface area contributed by atoms with Crippen LogP contribution in [0, 0.1) is 5.92 Å². The third-order valence-electron chi connectivity index (χ3n) is 5.58. The van der Waals surface area contributed by atoms with E-state index in [1.807, 2.05) is 36.4 Å². The van der Waals surface area contributed by atoms with E-state index in [0.717, 1.165) is 36.3 Å². The van der Waals surface area contributed by atoms with E-state index in [9.17, 15) is 5.11 Å². The predicted molar refractivity (Wildman–Crippen MR) is 112 cm³/mol. The fourth-order valence-corrected chi connectivity index (χ4v) is 4.69. The first-order chi connectivity index (χ1) is 12.0. The fourth-order valence-electron chi connectivity index (χ4n) is 4.44. The summed E-state index contributed by atoms with van der Waals surface area (Å²) in [5, 5.41) is 12.5. The first-order valence-electron chi connectivity index (χ1n) is 9.18. The molecule has 0 aliphatic heterocycles. The number of halogens is 2. The van der Waals surface area contributed by atoms with E-state index >= 15 is 0 Å². The van der Waals surface area contributed by atoms with Crippen molar-refractivity contribution in [3.05, 3.63) is 70.7 Å². The Morgan fingerprint density at radius 3 is 2.38 bits per heavy atom.